The second kappa shape index (κ2) is 12.8. The molecule has 0 amide bonds. The van der Waals surface area contributed by atoms with E-state index in [2.05, 4.69) is 138 Å². The predicted octanol–water partition coefficient (Wildman–Crippen LogP) is 14.2. The molecule has 0 bridgehead atoms. The van der Waals surface area contributed by atoms with E-state index in [1.165, 1.54) is 55.3 Å². The molecule has 63 heavy (non-hydrogen) atoms. The van der Waals surface area contributed by atoms with E-state index < -0.39 is 5.41 Å². The van der Waals surface area contributed by atoms with Gasteiger partial charge >= 0.3 is 0 Å². The first kappa shape index (κ1) is 34.3. The zero-order valence-corrected chi connectivity index (χ0v) is 33.8. The number of benzene rings is 9. The van der Waals surface area contributed by atoms with E-state index in [0.29, 0.717) is 17.5 Å². The summed E-state index contributed by atoms with van der Waals surface area (Å²) >= 11 is 0. The van der Waals surface area contributed by atoms with Crippen molar-refractivity contribution >= 4 is 43.7 Å². The maximum Gasteiger partial charge on any atom is 0.164 e. The maximum atomic E-state index is 6.64. The molecule has 5 heteroatoms. The highest BCUT2D eigenvalue weighted by molar-refractivity contribution is 6.15. The largest absolute Gasteiger partial charge is 0.456 e. The van der Waals surface area contributed by atoms with Crippen LogP contribution in [0.5, 0.6) is 0 Å². The summed E-state index contributed by atoms with van der Waals surface area (Å²) in [5, 5.41) is 4.40. The number of rotatable bonds is 4. The lowest BCUT2D eigenvalue weighted by Gasteiger charge is -2.30. The number of para-hydroxylation sites is 1. The van der Waals surface area contributed by atoms with Crippen molar-refractivity contribution in [2.75, 3.05) is 0 Å². The summed E-state index contributed by atoms with van der Waals surface area (Å²) in [5.74, 6) is 1.83. The van der Waals surface area contributed by atoms with Crippen molar-refractivity contribution in [2.45, 2.75) is 5.41 Å². The number of fused-ring (bicyclic) bond motifs is 16. The molecule has 3 aromatic heterocycles. The van der Waals surface area contributed by atoms with Gasteiger partial charge in [0.15, 0.2) is 17.5 Å². The molecular formula is C58H34N4O. The monoisotopic (exact) mass is 802 g/mol. The van der Waals surface area contributed by atoms with E-state index in [-0.39, 0.29) is 0 Å². The molecule has 292 valence electrons. The first-order valence-corrected chi connectivity index (χ1v) is 21.4. The number of hydrogen-bond acceptors (Lipinski definition) is 4. The zero-order valence-electron chi connectivity index (χ0n) is 33.8. The van der Waals surface area contributed by atoms with Crippen LogP contribution in [-0.4, -0.2) is 19.5 Å². The van der Waals surface area contributed by atoms with E-state index in [1.807, 2.05) is 72.8 Å². The standard InChI is InChI=1S/C58H34N4O/c1-3-16-35(17-4-1)55-59-56(36-18-5-2-6-19-36)61-57(60-55)42-24-15-29-53-54(42)45-32-37(30-31-52(45)63-53)62-50-28-14-10-23-41(50)44-33-43-40-22-9-13-27-48(40)58(49(43)34-51(44)62)46-25-11-7-20-38(46)39-21-8-12-26-47(39)58/h1-34H. The van der Waals surface area contributed by atoms with Crippen LogP contribution in [0.3, 0.4) is 0 Å². The Morgan fingerprint density at radius 3 is 1.57 bits per heavy atom. The van der Waals surface area contributed by atoms with Crippen molar-refractivity contribution in [3.05, 3.63) is 229 Å². The minimum Gasteiger partial charge on any atom is -0.456 e. The van der Waals surface area contributed by atoms with Crippen molar-refractivity contribution in [1.82, 2.24) is 19.5 Å². The molecule has 0 N–H and O–H groups in total. The van der Waals surface area contributed by atoms with Gasteiger partial charge in [-0.3, -0.25) is 0 Å². The van der Waals surface area contributed by atoms with Crippen LogP contribution in [0.2, 0.25) is 0 Å². The predicted molar refractivity (Wildman–Crippen MR) is 254 cm³/mol. The van der Waals surface area contributed by atoms with E-state index in [9.17, 15) is 0 Å². The highest BCUT2D eigenvalue weighted by Gasteiger charge is 2.51. The van der Waals surface area contributed by atoms with Gasteiger partial charge in [-0.05, 0) is 87.0 Å². The molecule has 5 nitrogen and oxygen atoms in total. The molecule has 0 atom stereocenters. The molecule has 0 fully saturated rings. The molecule has 0 saturated heterocycles. The van der Waals surface area contributed by atoms with Crippen LogP contribution in [0.4, 0.5) is 0 Å². The summed E-state index contributed by atoms with van der Waals surface area (Å²) in [5.41, 5.74) is 17.7. The second-order valence-corrected chi connectivity index (χ2v) is 16.7. The smallest absolute Gasteiger partial charge is 0.164 e. The van der Waals surface area contributed by atoms with Gasteiger partial charge in [0.1, 0.15) is 11.2 Å². The summed E-state index contributed by atoms with van der Waals surface area (Å²) in [6.07, 6.45) is 0. The van der Waals surface area contributed by atoms with Gasteiger partial charge in [-0.15, -0.1) is 0 Å². The average molecular weight is 803 g/mol. The van der Waals surface area contributed by atoms with Crippen LogP contribution in [0, 0.1) is 0 Å². The molecule has 0 aliphatic heterocycles. The quantitative estimate of drug-likeness (QED) is 0.178. The minimum absolute atomic E-state index is 0.448. The summed E-state index contributed by atoms with van der Waals surface area (Å²) in [6.45, 7) is 0. The fourth-order valence-electron chi connectivity index (χ4n) is 10.9. The van der Waals surface area contributed by atoms with Gasteiger partial charge in [0, 0.05) is 43.9 Å². The van der Waals surface area contributed by atoms with Gasteiger partial charge in [-0.1, -0.05) is 164 Å². The Hall–Kier alpha value is -8.41. The Morgan fingerprint density at radius 1 is 0.349 bits per heavy atom. The van der Waals surface area contributed by atoms with Gasteiger partial charge in [-0.25, -0.2) is 15.0 Å². The van der Waals surface area contributed by atoms with E-state index in [1.54, 1.807) is 0 Å². The van der Waals surface area contributed by atoms with Gasteiger partial charge in [-0.2, -0.15) is 0 Å². The molecule has 2 aliphatic rings. The Kier molecular flexibility index (Phi) is 6.97. The molecule has 0 saturated carbocycles. The molecular weight excluding hydrogens is 769 g/mol. The summed E-state index contributed by atoms with van der Waals surface area (Å²) in [6, 6.07) is 73.8. The van der Waals surface area contributed by atoms with Gasteiger partial charge in [0.05, 0.1) is 16.4 Å². The van der Waals surface area contributed by atoms with Crippen LogP contribution < -0.4 is 0 Å². The Labute approximate surface area is 362 Å². The van der Waals surface area contributed by atoms with E-state index in [4.69, 9.17) is 19.4 Å². The van der Waals surface area contributed by atoms with Gasteiger partial charge in [0.2, 0.25) is 0 Å². The average Bonchev–Trinajstić information content (AvgIpc) is 4.07. The first-order valence-electron chi connectivity index (χ1n) is 21.4. The zero-order chi connectivity index (χ0) is 41.2. The Bertz CT molecular complexity index is 3760. The van der Waals surface area contributed by atoms with Crippen molar-refractivity contribution in [3.8, 4) is 62.1 Å². The molecule has 12 aromatic rings. The third kappa shape index (κ3) is 4.68. The van der Waals surface area contributed by atoms with Crippen molar-refractivity contribution in [1.29, 1.82) is 0 Å². The Balaban J connectivity index is 1.03. The number of nitrogens with zero attached hydrogens (tertiary/aromatic N) is 4. The molecule has 9 aromatic carbocycles. The molecule has 3 heterocycles. The van der Waals surface area contributed by atoms with Crippen LogP contribution in [-0.2, 0) is 5.41 Å². The molecule has 0 unspecified atom stereocenters. The lowest BCUT2D eigenvalue weighted by Crippen LogP contribution is -2.25. The van der Waals surface area contributed by atoms with Crippen LogP contribution >= 0.6 is 0 Å². The van der Waals surface area contributed by atoms with Crippen molar-refractivity contribution in [2.24, 2.45) is 0 Å². The topological polar surface area (TPSA) is 56.7 Å². The molecule has 14 rings (SSSR count). The Morgan fingerprint density at radius 2 is 0.905 bits per heavy atom. The number of hydrogen-bond donors (Lipinski definition) is 0. The molecule has 2 aliphatic carbocycles. The fourth-order valence-corrected chi connectivity index (χ4v) is 10.9. The minimum atomic E-state index is -0.448. The van der Waals surface area contributed by atoms with E-state index in [0.717, 1.165) is 55.3 Å². The number of furan rings is 1. The highest BCUT2D eigenvalue weighted by Crippen LogP contribution is 2.63. The second-order valence-electron chi connectivity index (χ2n) is 16.7. The normalized spacial score (nSPS) is 13.2. The van der Waals surface area contributed by atoms with Crippen molar-refractivity contribution in [3.63, 3.8) is 0 Å². The summed E-state index contributed by atoms with van der Waals surface area (Å²) < 4.78 is 9.08. The van der Waals surface area contributed by atoms with Gasteiger partial charge < -0.3 is 8.98 Å². The van der Waals surface area contributed by atoms with Crippen LogP contribution in [0.1, 0.15) is 22.3 Å². The van der Waals surface area contributed by atoms with Crippen molar-refractivity contribution < 1.29 is 4.42 Å². The maximum absolute atomic E-state index is 6.64. The summed E-state index contributed by atoms with van der Waals surface area (Å²) in [7, 11) is 0. The lowest BCUT2D eigenvalue weighted by atomic mass is 9.70. The molecule has 0 radical (unpaired) electrons. The third-order valence-electron chi connectivity index (χ3n) is 13.5. The first-order chi connectivity index (χ1) is 31.2. The molecule has 1 spiro atoms. The van der Waals surface area contributed by atoms with Gasteiger partial charge in [0.25, 0.3) is 0 Å². The van der Waals surface area contributed by atoms with E-state index >= 15 is 0 Å². The lowest BCUT2D eigenvalue weighted by molar-refractivity contribution is 0.669. The SMILES string of the molecule is c1ccc(-c2nc(-c3ccccc3)nc(-c3cccc4oc5ccc(-n6c7ccccc7c7cc8c(cc76)C6(c7ccccc7-c7ccccc76)c6ccccc6-8)cc5c34)n2)cc1. The third-order valence-corrected chi connectivity index (χ3v) is 13.5. The highest BCUT2D eigenvalue weighted by atomic mass is 16.3. The van der Waals surface area contributed by atoms with Crippen LogP contribution in [0.15, 0.2) is 211 Å². The fraction of sp³-hybridized carbons (Fsp3) is 0.0172. The van der Waals surface area contributed by atoms with Crippen LogP contribution in [0.25, 0.3) is 106 Å². The summed E-state index contributed by atoms with van der Waals surface area (Å²) in [4.78, 5) is 15.3. The number of aromatic nitrogens is 4.